The Morgan fingerprint density at radius 1 is 0.567 bits per heavy atom. The molecule has 0 fully saturated rings. The third-order valence-corrected chi connectivity index (χ3v) is 5.43. The van der Waals surface area contributed by atoms with E-state index in [1.807, 2.05) is 48.8 Å². The molecule has 2 heterocycles. The van der Waals surface area contributed by atoms with Crippen LogP contribution in [0.3, 0.4) is 0 Å². The summed E-state index contributed by atoms with van der Waals surface area (Å²) in [4.78, 5) is 8.61. The van der Waals surface area contributed by atoms with Gasteiger partial charge in [0.1, 0.15) is 0 Å². The quantitative estimate of drug-likeness (QED) is 0.394. The van der Waals surface area contributed by atoms with E-state index in [1.165, 1.54) is 0 Å². The molecule has 0 bridgehead atoms. The van der Waals surface area contributed by atoms with Gasteiger partial charge in [-0.15, -0.1) is 0 Å². The number of aromatic nitrogens is 4. The highest BCUT2D eigenvalue weighted by Gasteiger charge is 2.10. The van der Waals surface area contributed by atoms with Crippen molar-refractivity contribution >= 4 is 11.9 Å². The van der Waals surface area contributed by atoms with E-state index in [9.17, 15) is 0 Å². The van der Waals surface area contributed by atoms with Crippen LogP contribution in [0.4, 0.5) is 11.9 Å². The zero-order valence-corrected chi connectivity index (χ0v) is 17.1. The standard InChI is InChI=1S/C24H28N6/c25-23-27-17-21(19-11-5-3-6-12-19)29(23)15-9-1-2-10-16-30-22(18-28-24(30)26)20-13-7-4-8-14-20/h3-8,11-14,17-18H,1-2,9-10,15-16H2,(H2,25,27)(H2,26,28). The van der Waals surface area contributed by atoms with Crippen LogP contribution in [0.15, 0.2) is 73.1 Å². The van der Waals surface area contributed by atoms with E-state index in [-0.39, 0.29) is 0 Å². The molecule has 0 radical (unpaired) electrons. The van der Waals surface area contributed by atoms with Crippen LogP contribution in [0, 0.1) is 0 Å². The van der Waals surface area contributed by atoms with E-state index in [0.29, 0.717) is 11.9 Å². The summed E-state index contributed by atoms with van der Waals surface area (Å²) in [6.07, 6.45) is 8.09. The Hall–Kier alpha value is -3.54. The number of nitrogen functional groups attached to an aromatic ring is 2. The predicted molar refractivity (Wildman–Crippen MR) is 123 cm³/mol. The van der Waals surface area contributed by atoms with E-state index < -0.39 is 0 Å². The summed E-state index contributed by atoms with van der Waals surface area (Å²) < 4.78 is 4.22. The lowest BCUT2D eigenvalue weighted by molar-refractivity contribution is 0.547. The Labute approximate surface area is 177 Å². The van der Waals surface area contributed by atoms with E-state index in [2.05, 4.69) is 43.4 Å². The van der Waals surface area contributed by atoms with Crippen LogP contribution < -0.4 is 11.5 Å². The lowest BCUT2D eigenvalue weighted by Crippen LogP contribution is -2.06. The Balaban J connectivity index is 1.29. The number of unbranched alkanes of at least 4 members (excludes halogenated alkanes) is 3. The van der Waals surface area contributed by atoms with E-state index in [4.69, 9.17) is 11.5 Å². The molecule has 4 N–H and O–H groups in total. The molecule has 2 aromatic heterocycles. The first-order valence-corrected chi connectivity index (χ1v) is 10.5. The second-order valence-electron chi connectivity index (χ2n) is 7.45. The van der Waals surface area contributed by atoms with Crippen molar-refractivity contribution in [1.29, 1.82) is 0 Å². The second-order valence-corrected chi connectivity index (χ2v) is 7.45. The Bertz CT molecular complexity index is 978. The molecule has 0 aliphatic heterocycles. The smallest absolute Gasteiger partial charge is 0.200 e. The van der Waals surface area contributed by atoms with Crippen molar-refractivity contribution in [3.8, 4) is 22.5 Å². The van der Waals surface area contributed by atoms with Gasteiger partial charge in [-0.2, -0.15) is 0 Å². The largest absolute Gasteiger partial charge is 0.369 e. The summed E-state index contributed by atoms with van der Waals surface area (Å²) in [5, 5.41) is 0. The maximum atomic E-state index is 6.10. The third-order valence-electron chi connectivity index (χ3n) is 5.43. The Morgan fingerprint density at radius 2 is 0.967 bits per heavy atom. The lowest BCUT2D eigenvalue weighted by Gasteiger charge is -2.11. The van der Waals surface area contributed by atoms with Gasteiger partial charge >= 0.3 is 0 Å². The maximum Gasteiger partial charge on any atom is 0.200 e. The van der Waals surface area contributed by atoms with Gasteiger partial charge in [-0.25, -0.2) is 9.97 Å². The van der Waals surface area contributed by atoms with E-state index >= 15 is 0 Å². The van der Waals surface area contributed by atoms with Crippen molar-refractivity contribution in [3.63, 3.8) is 0 Å². The van der Waals surface area contributed by atoms with Crippen molar-refractivity contribution in [2.45, 2.75) is 38.8 Å². The molecular formula is C24H28N6. The second kappa shape index (κ2) is 9.31. The van der Waals surface area contributed by atoms with Gasteiger partial charge in [-0.1, -0.05) is 73.5 Å². The van der Waals surface area contributed by atoms with Crippen molar-refractivity contribution in [3.05, 3.63) is 73.1 Å². The van der Waals surface area contributed by atoms with Crippen LogP contribution in [0.1, 0.15) is 25.7 Å². The number of hydrogen-bond donors (Lipinski definition) is 2. The van der Waals surface area contributed by atoms with Crippen molar-refractivity contribution < 1.29 is 0 Å². The van der Waals surface area contributed by atoms with Crippen LogP contribution in [-0.2, 0) is 13.1 Å². The number of nitrogens with zero attached hydrogens (tertiary/aromatic N) is 4. The molecule has 0 saturated carbocycles. The number of rotatable bonds is 9. The molecule has 0 unspecified atom stereocenters. The van der Waals surface area contributed by atoms with Crippen molar-refractivity contribution in [2.75, 3.05) is 11.5 Å². The maximum absolute atomic E-state index is 6.10. The zero-order valence-electron chi connectivity index (χ0n) is 17.1. The van der Waals surface area contributed by atoms with Crippen LogP contribution in [0.2, 0.25) is 0 Å². The van der Waals surface area contributed by atoms with E-state index in [0.717, 1.165) is 61.3 Å². The summed E-state index contributed by atoms with van der Waals surface area (Å²) in [7, 11) is 0. The predicted octanol–water partition coefficient (Wildman–Crippen LogP) is 4.84. The first-order valence-electron chi connectivity index (χ1n) is 10.5. The number of benzene rings is 2. The average molecular weight is 401 g/mol. The highest BCUT2D eigenvalue weighted by molar-refractivity contribution is 5.61. The van der Waals surface area contributed by atoms with Gasteiger partial charge in [0.2, 0.25) is 11.9 Å². The molecular weight excluding hydrogens is 372 g/mol. The Kier molecular flexibility index (Phi) is 6.13. The first kappa shape index (κ1) is 19.8. The highest BCUT2D eigenvalue weighted by atomic mass is 15.2. The van der Waals surface area contributed by atoms with E-state index in [1.54, 1.807) is 0 Å². The molecule has 0 amide bonds. The van der Waals surface area contributed by atoms with Crippen LogP contribution in [-0.4, -0.2) is 19.1 Å². The van der Waals surface area contributed by atoms with Crippen molar-refractivity contribution in [2.24, 2.45) is 0 Å². The number of nitrogens with two attached hydrogens (primary N) is 2. The van der Waals surface area contributed by atoms with Crippen LogP contribution in [0.5, 0.6) is 0 Å². The van der Waals surface area contributed by atoms with Gasteiger partial charge in [-0.05, 0) is 24.0 Å². The topological polar surface area (TPSA) is 87.7 Å². The summed E-state index contributed by atoms with van der Waals surface area (Å²) in [6.45, 7) is 1.75. The Morgan fingerprint density at radius 3 is 1.37 bits per heavy atom. The summed E-state index contributed by atoms with van der Waals surface area (Å²) in [6, 6.07) is 20.5. The molecule has 2 aromatic carbocycles. The fraction of sp³-hybridized carbons (Fsp3) is 0.250. The van der Waals surface area contributed by atoms with Crippen LogP contribution >= 0.6 is 0 Å². The number of hydrogen-bond acceptors (Lipinski definition) is 4. The average Bonchev–Trinajstić information content (AvgIpc) is 3.34. The summed E-state index contributed by atoms with van der Waals surface area (Å²) in [5.74, 6) is 1.15. The molecule has 4 aromatic rings. The summed E-state index contributed by atoms with van der Waals surface area (Å²) in [5.41, 5.74) is 16.6. The monoisotopic (exact) mass is 400 g/mol. The third kappa shape index (κ3) is 4.38. The minimum atomic E-state index is 0.576. The molecule has 6 heteroatoms. The molecule has 0 spiro atoms. The molecule has 0 atom stereocenters. The highest BCUT2D eigenvalue weighted by Crippen LogP contribution is 2.24. The minimum Gasteiger partial charge on any atom is -0.369 e. The zero-order chi connectivity index (χ0) is 20.8. The molecule has 154 valence electrons. The SMILES string of the molecule is Nc1ncc(-c2ccccc2)n1CCCCCCn1c(-c2ccccc2)cnc1N. The molecule has 0 aliphatic carbocycles. The fourth-order valence-electron chi connectivity index (χ4n) is 3.82. The van der Waals surface area contributed by atoms with Gasteiger partial charge in [0.25, 0.3) is 0 Å². The normalized spacial score (nSPS) is 11.1. The lowest BCUT2D eigenvalue weighted by atomic mass is 10.1. The summed E-state index contributed by atoms with van der Waals surface area (Å²) >= 11 is 0. The van der Waals surface area contributed by atoms with Crippen LogP contribution in [0.25, 0.3) is 22.5 Å². The van der Waals surface area contributed by atoms with Gasteiger partial charge in [0, 0.05) is 13.1 Å². The van der Waals surface area contributed by atoms with Crippen molar-refractivity contribution in [1.82, 2.24) is 19.1 Å². The molecule has 0 aliphatic rings. The van der Waals surface area contributed by atoms with Gasteiger partial charge in [-0.3, -0.25) is 0 Å². The molecule has 6 nitrogen and oxygen atoms in total. The number of anilines is 2. The van der Waals surface area contributed by atoms with Gasteiger partial charge in [0.15, 0.2) is 0 Å². The molecule has 4 rings (SSSR count). The minimum absolute atomic E-state index is 0.576. The first-order chi connectivity index (χ1) is 14.7. The molecule has 0 saturated heterocycles. The number of imidazole rings is 2. The van der Waals surface area contributed by atoms with Gasteiger partial charge < -0.3 is 20.6 Å². The van der Waals surface area contributed by atoms with Gasteiger partial charge in [0.05, 0.1) is 23.8 Å². The molecule has 30 heavy (non-hydrogen) atoms. The fourth-order valence-corrected chi connectivity index (χ4v) is 3.82.